The summed E-state index contributed by atoms with van der Waals surface area (Å²) >= 11 is 0. The molecule has 10 nitrogen and oxygen atoms in total. The SMILES string of the molecule is COCCNC(=O)C(C)NC(=O)Cn1cc(C(=O)O)nn1. The molecule has 1 atom stereocenters. The lowest BCUT2D eigenvalue weighted by Gasteiger charge is -2.13. The molecular weight excluding hydrogens is 282 g/mol. The predicted octanol–water partition coefficient (Wildman–Crippen LogP) is -1.76. The Bertz CT molecular complexity index is 515. The van der Waals surface area contributed by atoms with Crippen molar-refractivity contribution >= 4 is 17.8 Å². The van der Waals surface area contributed by atoms with Gasteiger partial charge in [-0.25, -0.2) is 9.48 Å². The Balaban J connectivity index is 2.41. The first kappa shape index (κ1) is 16.6. The van der Waals surface area contributed by atoms with Gasteiger partial charge in [-0.3, -0.25) is 9.59 Å². The van der Waals surface area contributed by atoms with E-state index in [1.54, 1.807) is 0 Å². The molecule has 2 amide bonds. The molecule has 1 rings (SSSR count). The number of methoxy groups -OCH3 is 1. The van der Waals surface area contributed by atoms with Crippen LogP contribution in [0.1, 0.15) is 17.4 Å². The van der Waals surface area contributed by atoms with Gasteiger partial charge < -0.3 is 20.5 Å². The topological polar surface area (TPSA) is 135 Å². The maximum Gasteiger partial charge on any atom is 0.358 e. The smallest absolute Gasteiger partial charge is 0.358 e. The molecule has 0 aliphatic rings. The zero-order chi connectivity index (χ0) is 15.8. The second-order valence-corrected chi connectivity index (χ2v) is 4.18. The lowest BCUT2D eigenvalue weighted by molar-refractivity contribution is -0.129. The number of nitrogens with one attached hydrogen (secondary N) is 2. The number of aromatic carboxylic acids is 1. The molecule has 0 fully saturated rings. The van der Waals surface area contributed by atoms with E-state index in [0.29, 0.717) is 13.2 Å². The van der Waals surface area contributed by atoms with Crippen molar-refractivity contribution in [2.24, 2.45) is 0 Å². The number of nitrogens with zero attached hydrogens (tertiary/aromatic N) is 3. The van der Waals surface area contributed by atoms with Crippen molar-refractivity contribution < 1.29 is 24.2 Å². The van der Waals surface area contributed by atoms with Gasteiger partial charge in [-0.2, -0.15) is 0 Å². The number of amides is 2. The van der Waals surface area contributed by atoms with Gasteiger partial charge in [0.2, 0.25) is 11.8 Å². The number of carbonyl (C=O) groups excluding carboxylic acids is 2. The molecule has 0 aromatic carbocycles. The van der Waals surface area contributed by atoms with Crippen LogP contribution < -0.4 is 10.6 Å². The Kier molecular flexibility index (Phi) is 6.27. The monoisotopic (exact) mass is 299 g/mol. The van der Waals surface area contributed by atoms with Crippen molar-refractivity contribution in [3.63, 3.8) is 0 Å². The molecule has 116 valence electrons. The van der Waals surface area contributed by atoms with Gasteiger partial charge in [-0.05, 0) is 6.92 Å². The van der Waals surface area contributed by atoms with Crippen molar-refractivity contribution in [2.45, 2.75) is 19.5 Å². The summed E-state index contributed by atoms with van der Waals surface area (Å²) in [5.74, 6) is -2.05. The lowest BCUT2D eigenvalue weighted by Crippen LogP contribution is -2.46. The maximum absolute atomic E-state index is 11.7. The molecule has 0 spiro atoms. The van der Waals surface area contributed by atoms with Crippen LogP contribution in [0.15, 0.2) is 6.20 Å². The van der Waals surface area contributed by atoms with Crippen LogP contribution >= 0.6 is 0 Å². The van der Waals surface area contributed by atoms with Crippen LogP contribution in [0, 0.1) is 0 Å². The minimum absolute atomic E-state index is 0.226. The van der Waals surface area contributed by atoms with Gasteiger partial charge in [0.25, 0.3) is 0 Å². The third-order valence-electron chi connectivity index (χ3n) is 2.44. The highest BCUT2D eigenvalue weighted by atomic mass is 16.5. The van der Waals surface area contributed by atoms with Gasteiger partial charge in [0.15, 0.2) is 5.69 Å². The van der Waals surface area contributed by atoms with Gasteiger partial charge in [0, 0.05) is 13.7 Å². The van der Waals surface area contributed by atoms with E-state index in [0.717, 1.165) is 10.9 Å². The first-order valence-corrected chi connectivity index (χ1v) is 6.13. The van der Waals surface area contributed by atoms with Crippen molar-refractivity contribution in [3.8, 4) is 0 Å². The quantitative estimate of drug-likeness (QED) is 0.484. The number of ether oxygens (including phenoxy) is 1. The minimum Gasteiger partial charge on any atom is -0.476 e. The fourth-order valence-electron chi connectivity index (χ4n) is 1.40. The van der Waals surface area contributed by atoms with Gasteiger partial charge in [0.1, 0.15) is 12.6 Å². The summed E-state index contributed by atoms with van der Waals surface area (Å²) in [5.41, 5.74) is -0.256. The summed E-state index contributed by atoms with van der Waals surface area (Å²) in [7, 11) is 1.51. The number of hydrogen-bond acceptors (Lipinski definition) is 6. The zero-order valence-electron chi connectivity index (χ0n) is 11.7. The average molecular weight is 299 g/mol. The van der Waals surface area contributed by atoms with E-state index in [-0.39, 0.29) is 18.1 Å². The largest absolute Gasteiger partial charge is 0.476 e. The van der Waals surface area contributed by atoms with E-state index >= 15 is 0 Å². The highest BCUT2D eigenvalue weighted by molar-refractivity contribution is 5.87. The van der Waals surface area contributed by atoms with Gasteiger partial charge in [0.05, 0.1) is 12.8 Å². The third-order valence-corrected chi connectivity index (χ3v) is 2.44. The fourth-order valence-corrected chi connectivity index (χ4v) is 1.40. The molecule has 0 aliphatic heterocycles. The number of carboxylic acids is 1. The Morgan fingerprint density at radius 1 is 1.48 bits per heavy atom. The van der Waals surface area contributed by atoms with E-state index in [2.05, 4.69) is 20.9 Å². The van der Waals surface area contributed by atoms with Crippen LogP contribution in [0.4, 0.5) is 0 Å². The number of aromatic nitrogens is 3. The first-order chi connectivity index (χ1) is 9.93. The van der Waals surface area contributed by atoms with Crippen LogP contribution in [0.3, 0.4) is 0 Å². The Hall–Kier alpha value is -2.49. The highest BCUT2D eigenvalue weighted by Gasteiger charge is 2.16. The predicted molar refractivity (Wildman–Crippen MR) is 69.5 cm³/mol. The highest BCUT2D eigenvalue weighted by Crippen LogP contribution is 1.93. The average Bonchev–Trinajstić information content (AvgIpc) is 2.87. The van der Waals surface area contributed by atoms with E-state index in [9.17, 15) is 14.4 Å². The van der Waals surface area contributed by atoms with Crippen molar-refractivity contribution in [3.05, 3.63) is 11.9 Å². The summed E-state index contributed by atoms with van der Waals surface area (Å²) in [5, 5.41) is 20.6. The Morgan fingerprint density at radius 2 is 2.19 bits per heavy atom. The summed E-state index contributed by atoms with van der Waals surface area (Å²) in [6.07, 6.45) is 1.13. The molecule has 1 heterocycles. The van der Waals surface area contributed by atoms with Crippen LogP contribution in [0.2, 0.25) is 0 Å². The molecule has 0 aliphatic carbocycles. The molecule has 0 saturated carbocycles. The van der Waals surface area contributed by atoms with Crippen molar-refractivity contribution in [1.29, 1.82) is 0 Å². The molecule has 0 bridgehead atoms. The van der Waals surface area contributed by atoms with Gasteiger partial charge in [-0.1, -0.05) is 5.21 Å². The third kappa shape index (κ3) is 5.57. The number of carboxylic acid groups (broad SMARTS) is 1. The van der Waals surface area contributed by atoms with Crippen LogP contribution in [-0.2, 0) is 20.9 Å². The van der Waals surface area contributed by atoms with Crippen molar-refractivity contribution in [2.75, 3.05) is 20.3 Å². The van der Waals surface area contributed by atoms with E-state index < -0.39 is 17.9 Å². The molecular formula is C11H17N5O5. The summed E-state index contributed by atoms with van der Waals surface area (Å²) in [6.45, 7) is 2.03. The zero-order valence-corrected chi connectivity index (χ0v) is 11.7. The van der Waals surface area contributed by atoms with Crippen LogP contribution in [0.5, 0.6) is 0 Å². The fraction of sp³-hybridized carbons (Fsp3) is 0.545. The first-order valence-electron chi connectivity index (χ1n) is 6.13. The van der Waals surface area contributed by atoms with Crippen LogP contribution in [-0.4, -0.2) is 64.2 Å². The van der Waals surface area contributed by atoms with Gasteiger partial charge in [-0.15, -0.1) is 5.10 Å². The summed E-state index contributed by atoms with van der Waals surface area (Å²) in [6, 6.07) is -0.725. The van der Waals surface area contributed by atoms with Crippen LogP contribution in [0.25, 0.3) is 0 Å². The van der Waals surface area contributed by atoms with E-state index in [4.69, 9.17) is 9.84 Å². The minimum atomic E-state index is -1.23. The van der Waals surface area contributed by atoms with Crippen molar-refractivity contribution in [1.82, 2.24) is 25.6 Å². The number of rotatable bonds is 8. The number of hydrogen-bond donors (Lipinski definition) is 3. The summed E-state index contributed by atoms with van der Waals surface area (Å²) < 4.78 is 5.86. The second-order valence-electron chi connectivity index (χ2n) is 4.18. The Labute approximate surface area is 120 Å². The molecule has 10 heteroatoms. The Morgan fingerprint density at radius 3 is 2.76 bits per heavy atom. The standard InChI is InChI=1S/C11H17N5O5/c1-7(10(18)12-3-4-21-2)13-9(17)6-16-5-8(11(19)20)14-15-16/h5,7H,3-4,6H2,1-2H3,(H,12,18)(H,13,17)(H,19,20). The molecule has 0 radical (unpaired) electrons. The molecule has 1 aromatic heterocycles. The molecule has 1 unspecified atom stereocenters. The summed E-state index contributed by atoms with van der Waals surface area (Å²) in [4.78, 5) is 33.9. The maximum atomic E-state index is 11.7. The van der Waals surface area contributed by atoms with E-state index in [1.165, 1.54) is 14.0 Å². The second kappa shape index (κ2) is 7.94. The van der Waals surface area contributed by atoms with Gasteiger partial charge >= 0.3 is 5.97 Å². The molecule has 1 aromatic rings. The van der Waals surface area contributed by atoms with E-state index in [1.807, 2.05) is 0 Å². The normalized spacial score (nSPS) is 11.7. The lowest BCUT2D eigenvalue weighted by atomic mass is 10.3. The molecule has 0 saturated heterocycles. The number of carbonyl (C=O) groups is 3. The molecule has 21 heavy (non-hydrogen) atoms. The molecule has 3 N–H and O–H groups in total.